The van der Waals surface area contributed by atoms with Crippen LogP contribution in [-0.4, -0.2) is 37.4 Å². The number of benzene rings is 2. The molecule has 0 saturated heterocycles. The number of methoxy groups -OCH3 is 1. The Morgan fingerprint density at radius 3 is 2.57 bits per heavy atom. The second-order valence-electron chi connectivity index (χ2n) is 6.94. The van der Waals surface area contributed by atoms with Gasteiger partial charge in [-0.2, -0.15) is 0 Å². The summed E-state index contributed by atoms with van der Waals surface area (Å²) in [6.07, 6.45) is 1.78. The van der Waals surface area contributed by atoms with E-state index >= 15 is 0 Å². The molecule has 0 spiro atoms. The zero-order valence-electron chi connectivity index (χ0n) is 16.7. The third kappa shape index (κ3) is 5.09. The van der Waals surface area contributed by atoms with E-state index in [1.54, 1.807) is 12.0 Å². The summed E-state index contributed by atoms with van der Waals surface area (Å²) in [5.41, 5.74) is 2.25. The van der Waals surface area contributed by atoms with E-state index in [-0.39, 0.29) is 18.9 Å². The summed E-state index contributed by atoms with van der Waals surface area (Å²) >= 11 is 0. The van der Waals surface area contributed by atoms with Crippen LogP contribution in [0.15, 0.2) is 42.5 Å². The van der Waals surface area contributed by atoms with Crippen LogP contribution >= 0.6 is 0 Å². The third-order valence-corrected chi connectivity index (χ3v) is 4.87. The summed E-state index contributed by atoms with van der Waals surface area (Å²) in [7, 11) is 1.66. The Labute approximate surface area is 166 Å². The minimum Gasteiger partial charge on any atom is -0.497 e. The Morgan fingerprint density at radius 1 is 1.14 bits per heavy atom. The number of urea groups is 1. The topological polar surface area (TPSA) is 60.0 Å². The maximum Gasteiger partial charge on any atom is 0.317 e. The van der Waals surface area contributed by atoms with Crippen LogP contribution in [-0.2, 0) is 13.0 Å². The lowest BCUT2D eigenvalue weighted by Crippen LogP contribution is -2.43. The summed E-state index contributed by atoms with van der Waals surface area (Å²) in [5.74, 6) is 2.34. The number of nitrogens with zero attached hydrogens (tertiary/aromatic N) is 1. The first-order valence-corrected chi connectivity index (χ1v) is 9.66. The van der Waals surface area contributed by atoms with Crippen molar-refractivity contribution in [3.8, 4) is 17.2 Å². The van der Waals surface area contributed by atoms with E-state index < -0.39 is 0 Å². The van der Waals surface area contributed by atoms with Crippen LogP contribution in [0.4, 0.5) is 4.79 Å². The molecule has 2 aromatic carbocycles. The molecular weight excluding hydrogens is 356 g/mol. The van der Waals surface area contributed by atoms with Gasteiger partial charge in [0.15, 0.2) is 11.5 Å². The second kappa shape index (κ2) is 9.35. The lowest BCUT2D eigenvalue weighted by Gasteiger charge is -2.24. The van der Waals surface area contributed by atoms with Crippen LogP contribution in [0, 0.1) is 0 Å². The molecule has 0 fully saturated rings. The molecule has 1 heterocycles. The van der Waals surface area contributed by atoms with Crippen molar-refractivity contribution in [2.75, 3.05) is 20.4 Å². The summed E-state index contributed by atoms with van der Waals surface area (Å²) in [6, 6.07) is 13.9. The molecule has 28 heavy (non-hydrogen) atoms. The Kier molecular flexibility index (Phi) is 6.63. The highest BCUT2D eigenvalue weighted by Gasteiger charge is 2.17. The molecule has 1 unspecified atom stereocenters. The van der Waals surface area contributed by atoms with Crippen molar-refractivity contribution in [2.45, 2.75) is 39.3 Å². The number of hydrogen-bond donors (Lipinski definition) is 1. The van der Waals surface area contributed by atoms with Crippen molar-refractivity contribution in [2.24, 2.45) is 0 Å². The SMILES string of the molecule is CCN(Cc1ccc2c(c1)OCO2)C(=O)NC(C)CCc1ccc(OC)cc1. The number of rotatable bonds is 8. The monoisotopic (exact) mass is 384 g/mol. The van der Waals surface area contributed by atoms with Gasteiger partial charge in [-0.05, 0) is 62.1 Å². The van der Waals surface area contributed by atoms with E-state index in [1.807, 2.05) is 44.2 Å². The van der Waals surface area contributed by atoms with Crippen LogP contribution in [0.2, 0.25) is 0 Å². The highest BCUT2D eigenvalue weighted by atomic mass is 16.7. The van der Waals surface area contributed by atoms with Gasteiger partial charge in [-0.3, -0.25) is 0 Å². The van der Waals surface area contributed by atoms with Crippen LogP contribution in [0.3, 0.4) is 0 Å². The van der Waals surface area contributed by atoms with E-state index in [0.29, 0.717) is 13.1 Å². The Morgan fingerprint density at radius 2 is 1.86 bits per heavy atom. The van der Waals surface area contributed by atoms with Crippen molar-refractivity contribution in [3.63, 3.8) is 0 Å². The van der Waals surface area contributed by atoms with Gasteiger partial charge in [0.1, 0.15) is 5.75 Å². The zero-order chi connectivity index (χ0) is 19.9. The number of amides is 2. The molecule has 0 saturated carbocycles. The first-order chi connectivity index (χ1) is 13.6. The quantitative estimate of drug-likeness (QED) is 0.748. The molecule has 0 aliphatic carbocycles. The fraction of sp³-hybridized carbons (Fsp3) is 0.409. The third-order valence-electron chi connectivity index (χ3n) is 4.87. The summed E-state index contributed by atoms with van der Waals surface area (Å²) in [5, 5.41) is 3.10. The minimum atomic E-state index is -0.0533. The van der Waals surface area contributed by atoms with Gasteiger partial charge in [0.2, 0.25) is 6.79 Å². The zero-order valence-corrected chi connectivity index (χ0v) is 16.7. The van der Waals surface area contributed by atoms with Crippen LogP contribution in [0.25, 0.3) is 0 Å². The number of carbonyl (C=O) groups is 1. The molecule has 2 amide bonds. The molecule has 0 bridgehead atoms. The number of fused-ring (bicyclic) bond motifs is 1. The van der Waals surface area contributed by atoms with Crippen LogP contribution in [0.5, 0.6) is 17.2 Å². The van der Waals surface area contributed by atoms with Gasteiger partial charge in [0, 0.05) is 19.1 Å². The molecule has 150 valence electrons. The van der Waals surface area contributed by atoms with Crippen molar-refractivity contribution in [1.82, 2.24) is 10.2 Å². The lowest BCUT2D eigenvalue weighted by atomic mass is 10.1. The number of hydrogen-bond acceptors (Lipinski definition) is 4. The first-order valence-electron chi connectivity index (χ1n) is 9.66. The van der Waals surface area contributed by atoms with Crippen molar-refractivity contribution in [3.05, 3.63) is 53.6 Å². The highest BCUT2D eigenvalue weighted by molar-refractivity contribution is 5.74. The molecule has 1 atom stereocenters. The normalized spacial score (nSPS) is 13.1. The summed E-state index contributed by atoms with van der Waals surface area (Å²) < 4.78 is 15.9. The maximum absolute atomic E-state index is 12.7. The molecule has 1 aliphatic heterocycles. The second-order valence-corrected chi connectivity index (χ2v) is 6.94. The predicted molar refractivity (Wildman–Crippen MR) is 108 cm³/mol. The molecule has 0 radical (unpaired) electrons. The average Bonchev–Trinajstić information content (AvgIpc) is 3.18. The van der Waals surface area contributed by atoms with E-state index in [0.717, 1.165) is 35.7 Å². The average molecular weight is 384 g/mol. The minimum absolute atomic E-state index is 0.0533. The highest BCUT2D eigenvalue weighted by Crippen LogP contribution is 2.32. The van der Waals surface area contributed by atoms with Gasteiger partial charge in [-0.15, -0.1) is 0 Å². The molecule has 3 rings (SSSR count). The van der Waals surface area contributed by atoms with Gasteiger partial charge >= 0.3 is 6.03 Å². The van der Waals surface area contributed by atoms with Gasteiger partial charge in [-0.25, -0.2) is 4.79 Å². The van der Waals surface area contributed by atoms with Gasteiger partial charge in [0.05, 0.1) is 7.11 Å². The standard InChI is InChI=1S/C22H28N2O4/c1-4-24(14-18-9-12-20-21(13-18)28-15-27-20)22(25)23-16(2)5-6-17-7-10-19(26-3)11-8-17/h7-13,16H,4-6,14-15H2,1-3H3,(H,23,25). The number of ether oxygens (including phenoxy) is 3. The summed E-state index contributed by atoms with van der Waals surface area (Å²) in [6.45, 7) is 5.43. The van der Waals surface area contributed by atoms with Gasteiger partial charge in [-0.1, -0.05) is 18.2 Å². The van der Waals surface area contributed by atoms with Gasteiger partial charge in [0.25, 0.3) is 0 Å². The van der Waals surface area contributed by atoms with Crippen molar-refractivity contribution >= 4 is 6.03 Å². The van der Waals surface area contributed by atoms with E-state index in [4.69, 9.17) is 14.2 Å². The fourth-order valence-corrected chi connectivity index (χ4v) is 3.14. The van der Waals surface area contributed by atoms with E-state index in [1.165, 1.54) is 5.56 Å². The molecular formula is C22H28N2O4. The lowest BCUT2D eigenvalue weighted by molar-refractivity contribution is 0.173. The number of aryl methyl sites for hydroxylation is 1. The smallest absolute Gasteiger partial charge is 0.317 e. The molecule has 6 nitrogen and oxygen atoms in total. The van der Waals surface area contributed by atoms with E-state index in [2.05, 4.69) is 17.4 Å². The molecule has 6 heteroatoms. The first kappa shape index (κ1) is 19.9. The number of carbonyl (C=O) groups excluding carboxylic acids is 1. The summed E-state index contributed by atoms with van der Waals surface area (Å²) in [4.78, 5) is 14.5. The predicted octanol–water partition coefficient (Wildman–Crippen LogP) is 3.98. The Bertz CT molecular complexity index is 792. The molecule has 0 aromatic heterocycles. The van der Waals surface area contributed by atoms with Crippen molar-refractivity contribution < 1.29 is 19.0 Å². The molecule has 1 N–H and O–H groups in total. The number of nitrogens with one attached hydrogen (secondary N) is 1. The van der Waals surface area contributed by atoms with Crippen molar-refractivity contribution in [1.29, 1.82) is 0 Å². The molecule has 1 aliphatic rings. The van der Waals surface area contributed by atoms with Crippen LogP contribution < -0.4 is 19.5 Å². The maximum atomic E-state index is 12.7. The van der Waals surface area contributed by atoms with Gasteiger partial charge < -0.3 is 24.4 Å². The Hall–Kier alpha value is -2.89. The largest absolute Gasteiger partial charge is 0.497 e. The Balaban J connectivity index is 1.49. The fourth-order valence-electron chi connectivity index (χ4n) is 3.14. The molecule has 2 aromatic rings. The van der Waals surface area contributed by atoms with Crippen LogP contribution in [0.1, 0.15) is 31.4 Å². The van der Waals surface area contributed by atoms with E-state index in [9.17, 15) is 4.79 Å².